The van der Waals surface area contributed by atoms with Crippen molar-refractivity contribution in [3.05, 3.63) is 0 Å². The predicted octanol–water partition coefficient (Wildman–Crippen LogP) is 3.86. The monoisotopic (exact) mass is 166 g/mol. The summed E-state index contributed by atoms with van der Waals surface area (Å²) in [7, 11) is 0. The lowest BCUT2D eigenvalue weighted by molar-refractivity contribution is -0.0114. The summed E-state index contributed by atoms with van der Waals surface area (Å²) in [6.45, 7) is 7.41. The minimum absolute atomic E-state index is 0.671. The van der Waals surface area contributed by atoms with E-state index in [9.17, 15) is 0 Å². The molecule has 0 aromatic rings. The highest BCUT2D eigenvalue weighted by Crippen LogP contribution is 2.54. The average Bonchev–Trinajstić information content (AvgIpc) is 1.75. The quantitative estimate of drug-likeness (QED) is 0.584. The van der Waals surface area contributed by atoms with E-state index in [1.807, 2.05) is 0 Å². The van der Waals surface area contributed by atoms with Crippen molar-refractivity contribution < 1.29 is 0 Å². The van der Waals surface area contributed by atoms with E-state index in [4.69, 9.17) is 0 Å². The molecule has 2 saturated carbocycles. The molecule has 0 amide bonds. The first-order valence-corrected chi connectivity index (χ1v) is 5.60. The molecule has 70 valence electrons. The molecule has 0 aromatic heterocycles. The Labute approximate surface area is 76.7 Å². The lowest BCUT2D eigenvalue weighted by Crippen LogP contribution is -2.42. The second-order valence-corrected chi connectivity index (χ2v) is 5.72. The van der Waals surface area contributed by atoms with Gasteiger partial charge in [0, 0.05) is 0 Å². The van der Waals surface area contributed by atoms with E-state index in [1.54, 1.807) is 0 Å². The molecule has 0 heterocycles. The van der Waals surface area contributed by atoms with Crippen molar-refractivity contribution in [2.75, 3.05) is 0 Å². The first kappa shape index (κ1) is 8.59. The van der Waals surface area contributed by atoms with Crippen LogP contribution < -0.4 is 0 Å². The van der Waals surface area contributed by atoms with E-state index in [-0.39, 0.29) is 0 Å². The molecule has 2 aliphatic carbocycles. The summed E-state index contributed by atoms with van der Waals surface area (Å²) in [6.07, 6.45) is 7.53. The van der Waals surface area contributed by atoms with Gasteiger partial charge in [-0.3, -0.25) is 0 Å². The molecule has 0 heteroatoms. The average molecular weight is 166 g/mol. The van der Waals surface area contributed by atoms with Crippen LogP contribution in [0.25, 0.3) is 0 Å². The highest BCUT2D eigenvalue weighted by molar-refractivity contribution is 4.94. The van der Waals surface area contributed by atoms with Crippen LogP contribution >= 0.6 is 0 Å². The van der Waals surface area contributed by atoms with Crippen LogP contribution in [0.15, 0.2) is 0 Å². The van der Waals surface area contributed by atoms with Gasteiger partial charge in [0.2, 0.25) is 0 Å². The summed E-state index contributed by atoms with van der Waals surface area (Å²) in [6, 6.07) is 0. The Morgan fingerprint density at radius 3 is 1.92 bits per heavy atom. The lowest BCUT2D eigenvalue weighted by atomic mass is 9.54. The molecule has 0 radical (unpaired) electrons. The first-order chi connectivity index (χ1) is 5.60. The van der Waals surface area contributed by atoms with Crippen LogP contribution in [0.4, 0.5) is 0 Å². The first-order valence-electron chi connectivity index (χ1n) is 5.60. The van der Waals surface area contributed by atoms with Crippen molar-refractivity contribution in [1.82, 2.24) is 0 Å². The van der Waals surface area contributed by atoms with E-state index < -0.39 is 0 Å². The van der Waals surface area contributed by atoms with Crippen molar-refractivity contribution in [3.8, 4) is 0 Å². The fraction of sp³-hybridized carbons (Fsp3) is 1.00. The Balaban J connectivity index is 1.91. The van der Waals surface area contributed by atoms with Gasteiger partial charge in [-0.2, -0.15) is 0 Å². The molecule has 0 bridgehead atoms. The van der Waals surface area contributed by atoms with Crippen LogP contribution in [0.1, 0.15) is 52.9 Å². The molecule has 0 N–H and O–H groups in total. The topological polar surface area (TPSA) is 0 Å². The second-order valence-electron chi connectivity index (χ2n) is 5.72. The largest absolute Gasteiger partial charge is 0.0625 e. The Hall–Kier alpha value is 0. The van der Waals surface area contributed by atoms with Crippen LogP contribution in [0.2, 0.25) is 0 Å². The minimum atomic E-state index is 0.671. The van der Waals surface area contributed by atoms with Gasteiger partial charge in [-0.15, -0.1) is 0 Å². The maximum absolute atomic E-state index is 2.51. The van der Waals surface area contributed by atoms with Crippen molar-refractivity contribution in [1.29, 1.82) is 0 Å². The highest BCUT2D eigenvalue weighted by Gasteiger charge is 2.44. The van der Waals surface area contributed by atoms with Crippen molar-refractivity contribution in [3.63, 3.8) is 0 Å². The number of hydrogen-bond donors (Lipinski definition) is 0. The minimum Gasteiger partial charge on any atom is -0.0625 e. The third-order valence-corrected chi connectivity index (χ3v) is 4.58. The smallest absolute Gasteiger partial charge is 0.0297 e. The summed E-state index contributed by atoms with van der Waals surface area (Å²) in [5.74, 6) is 3.14. The van der Waals surface area contributed by atoms with Gasteiger partial charge >= 0.3 is 0 Å². The van der Waals surface area contributed by atoms with Gasteiger partial charge in [-0.1, -0.05) is 27.2 Å². The van der Waals surface area contributed by atoms with Crippen LogP contribution in [-0.4, -0.2) is 0 Å². The standard InChI is InChI=1S/C12H22/c1-9-7-11(8-9)12(2,3)10-5-4-6-10/h9-11H,4-8H2,1-3H3. The number of rotatable bonds is 2. The summed E-state index contributed by atoms with van der Waals surface area (Å²) in [5, 5.41) is 0. The van der Waals surface area contributed by atoms with E-state index in [0.29, 0.717) is 5.41 Å². The van der Waals surface area contributed by atoms with Gasteiger partial charge in [0.05, 0.1) is 0 Å². The fourth-order valence-electron chi connectivity index (χ4n) is 3.00. The molecule has 0 atom stereocenters. The molecule has 0 aromatic carbocycles. The molecule has 0 spiro atoms. The second kappa shape index (κ2) is 2.75. The van der Waals surface area contributed by atoms with Crippen LogP contribution in [-0.2, 0) is 0 Å². The van der Waals surface area contributed by atoms with Gasteiger partial charge in [0.25, 0.3) is 0 Å². The molecule has 0 saturated heterocycles. The third kappa shape index (κ3) is 1.20. The maximum atomic E-state index is 2.51. The maximum Gasteiger partial charge on any atom is -0.0297 e. The Kier molecular flexibility index (Phi) is 1.97. The van der Waals surface area contributed by atoms with E-state index >= 15 is 0 Å². The lowest BCUT2D eigenvalue weighted by Gasteiger charge is -2.51. The van der Waals surface area contributed by atoms with Crippen molar-refractivity contribution in [2.24, 2.45) is 23.2 Å². The van der Waals surface area contributed by atoms with Crippen molar-refractivity contribution in [2.45, 2.75) is 52.9 Å². The molecular formula is C12H22. The van der Waals surface area contributed by atoms with E-state index in [0.717, 1.165) is 17.8 Å². The molecule has 2 rings (SSSR count). The van der Waals surface area contributed by atoms with Gasteiger partial charge in [-0.05, 0) is 48.9 Å². The molecular weight excluding hydrogens is 144 g/mol. The number of hydrogen-bond acceptors (Lipinski definition) is 0. The van der Waals surface area contributed by atoms with Crippen LogP contribution in [0, 0.1) is 23.2 Å². The molecule has 0 unspecified atom stereocenters. The Morgan fingerprint density at radius 2 is 1.58 bits per heavy atom. The van der Waals surface area contributed by atoms with Gasteiger partial charge in [-0.25, -0.2) is 0 Å². The highest BCUT2D eigenvalue weighted by atomic mass is 14.5. The molecule has 12 heavy (non-hydrogen) atoms. The molecule has 0 aliphatic heterocycles. The Bertz CT molecular complexity index is 159. The molecule has 0 nitrogen and oxygen atoms in total. The van der Waals surface area contributed by atoms with E-state index in [2.05, 4.69) is 20.8 Å². The predicted molar refractivity (Wildman–Crippen MR) is 53.0 cm³/mol. The normalized spacial score (nSPS) is 37.2. The zero-order chi connectivity index (χ0) is 8.77. The van der Waals surface area contributed by atoms with Gasteiger partial charge in [0.15, 0.2) is 0 Å². The fourth-order valence-corrected chi connectivity index (χ4v) is 3.00. The summed E-state index contributed by atoms with van der Waals surface area (Å²) >= 11 is 0. The van der Waals surface area contributed by atoms with Gasteiger partial charge < -0.3 is 0 Å². The summed E-state index contributed by atoms with van der Waals surface area (Å²) in [5.41, 5.74) is 0.671. The van der Waals surface area contributed by atoms with E-state index in [1.165, 1.54) is 32.1 Å². The van der Waals surface area contributed by atoms with Crippen molar-refractivity contribution >= 4 is 0 Å². The Morgan fingerprint density at radius 1 is 1.00 bits per heavy atom. The van der Waals surface area contributed by atoms with Gasteiger partial charge in [0.1, 0.15) is 0 Å². The summed E-state index contributed by atoms with van der Waals surface area (Å²) < 4.78 is 0. The van der Waals surface area contributed by atoms with Crippen LogP contribution in [0.5, 0.6) is 0 Å². The SMILES string of the molecule is CC1CC(C(C)(C)C2CCC2)C1. The zero-order valence-corrected chi connectivity index (χ0v) is 8.77. The third-order valence-electron chi connectivity index (χ3n) is 4.58. The van der Waals surface area contributed by atoms with Crippen LogP contribution in [0.3, 0.4) is 0 Å². The summed E-state index contributed by atoms with van der Waals surface area (Å²) in [4.78, 5) is 0. The zero-order valence-electron chi connectivity index (χ0n) is 8.77. The molecule has 2 aliphatic rings. The molecule has 2 fully saturated rings.